The van der Waals surface area contributed by atoms with E-state index in [1.165, 1.54) is 6.20 Å². The van der Waals surface area contributed by atoms with Crippen LogP contribution in [0.2, 0.25) is 0 Å². The van der Waals surface area contributed by atoms with Crippen molar-refractivity contribution in [2.45, 2.75) is 13.3 Å². The van der Waals surface area contributed by atoms with Gasteiger partial charge in [-0.25, -0.2) is 4.79 Å². The second kappa shape index (κ2) is 5.14. The van der Waals surface area contributed by atoms with Crippen molar-refractivity contribution in [3.63, 3.8) is 0 Å². The zero-order valence-electron chi connectivity index (χ0n) is 11.2. The lowest BCUT2D eigenvalue weighted by Crippen LogP contribution is -2.01. The van der Waals surface area contributed by atoms with Crippen molar-refractivity contribution in [1.82, 2.24) is 9.78 Å². The molecule has 0 aliphatic carbocycles. The molecule has 0 saturated carbocycles. The second-order valence-electron chi connectivity index (χ2n) is 4.22. The quantitative estimate of drug-likeness (QED) is 0.916. The van der Waals surface area contributed by atoms with E-state index in [0.717, 1.165) is 23.3 Å². The van der Waals surface area contributed by atoms with E-state index in [2.05, 4.69) is 5.10 Å². The lowest BCUT2D eigenvalue weighted by atomic mass is 10.0. The summed E-state index contributed by atoms with van der Waals surface area (Å²) in [4.78, 5) is 11.2. The van der Waals surface area contributed by atoms with Gasteiger partial charge in [-0.3, -0.25) is 4.68 Å². The minimum absolute atomic E-state index is 0.203. The molecule has 5 heteroatoms. The molecule has 0 atom stereocenters. The molecule has 0 unspecified atom stereocenters. The van der Waals surface area contributed by atoms with E-state index in [1.54, 1.807) is 18.8 Å². The molecular formula is C14H16N2O3. The third-order valence-corrected chi connectivity index (χ3v) is 3.10. The van der Waals surface area contributed by atoms with Gasteiger partial charge >= 0.3 is 5.97 Å². The van der Waals surface area contributed by atoms with E-state index >= 15 is 0 Å². The first-order valence-corrected chi connectivity index (χ1v) is 6.01. The fourth-order valence-electron chi connectivity index (χ4n) is 2.14. The van der Waals surface area contributed by atoms with Gasteiger partial charge in [0.2, 0.25) is 0 Å². The maximum Gasteiger partial charge on any atom is 0.339 e. The molecule has 0 radical (unpaired) electrons. The highest BCUT2D eigenvalue weighted by Crippen LogP contribution is 2.28. The number of carboxylic acids is 1. The van der Waals surface area contributed by atoms with E-state index in [9.17, 15) is 9.90 Å². The van der Waals surface area contributed by atoms with E-state index in [0.29, 0.717) is 5.69 Å². The highest BCUT2D eigenvalue weighted by atomic mass is 16.5. The Morgan fingerprint density at radius 1 is 1.47 bits per heavy atom. The van der Waals surface area contributed by atoms with Crippen molar-refractivity contribution in [2.75, 3.05) is 7.11 Å². The van der Waals surface area contributed by atoms with E-state index in [1.807, 2.05) is 25.1 Å². The van der Waals surface area contributed by atoms with Crippen LogP contribution in [0.3, 0.4) is 0 Å². The van der Waals surface area contributed by atoms with Crippen LogP contribution in [0.15, 0.2) is 24.4 Å². The smallest absolute Gasteiger partial charge is 0.339 e. The summed E-state index contributed by atoms with van der Waals surface area (Å²) in [6.07, 6.45) is 2.19. The van der Waals surface area contributed by atoms with Crippen molar-refractivity contribution >= 4 is 5.97 Å². The molecule has 2 aromatic rings. The number of aryl methyl sites for hydroxylation is 2. The number of nitrogens with zero attached hydrogens (tertiary/aromatic N) is 2. The van der Waals surface area contributed by atoms with Crippen molar-refractivity contribution in [3.05, 3.63) is 35.5 Å². The summed E-state index contributed by atoms with van der Waals surface area (Å²) >= 11 is 0. The number of ether oxygens (including phenoxy) is 1. The Morgan fingerprint density at radius 3 is 2.79 bits per heavy atom. The largest absolute Gasteiger partial charge is 0.496 e. The fraction of sp³-hybridized carbons (Fsp3) is 0.286. The van der Waals surface area contributed by atoms with Gasteiger partial charge in [0.05, 0.1) is 19.0 Å². The number of benzene rings is 1. The molecule has 0 aliphatic heterocycles. The molecule has 2 rings (SSSR count). The van der Waals surface area contributed by atoms with Crippen molar-refractivity contribution in [3.8, 4) is 17.0 Å². The summed E-state index contributed by atoms with van der Waals surface area (Å²) in [5, 5.41) is 13.2. The van der Waals surface area contributed by atoms with Crippen LogP contribution in [0.25, 0.3) is 11.3 Å². The average molecular weight is 260 g/mol. The predicted octanol–water partition coefficient (Wildman–Crippen LogP) is 2.36. The van der Waals surface area contributed by atoms with Crippen LogP contribution < -0.4 is 4.74 Å². The Balaban J connectivity index is 2.59. The first kappa shape index (κ1) is 13.1. The number of aromatic carboxylic acids is 1. The SMILES string of the molecule is CCc1cc(-c2c(C(=O)O)cnn2C)ccc1OC. The molecule has 0 saturated heterocycles. The van der Waals surface area contributed by atoms with Crippen LogP contribution in [0.5, 0.6) is 5.75 Å². The maximum atomic E-state index is 11.2. The molecule has 19 heavy (non-hydrogen) atoms. The normalized spacial score (nSPS) is 10.5. The third kappa shape index (κ3) is 2.31. The highest BCUT2D eigenvalue weighted by molar-refractivity contribution is 5.94. The number of hydrogen-bond acceptors (Lipinski definition) is 3. The standard InChI is InChI=1S/C14H16N2O3/c1-4-9-7-10(5-6-12(9)19-3)13-11(14(17)18)8-15-16(13)2/h5-8H,4H2,1-3H3,(H,17,18). The Hall–Kier alpha value is -2.30. The average Bonchev–Trinajstić information content (AvgIpc) is 2.80. The monoisotopic (exact) mass is 260 g/mol. The van der Waals surface area contributed by atoms with Crippen LogP contribution in [-0.2, 0) is 13.5 Å². The van der Waals surface area contributed by atoms with Crippen molar-refractivity contribution < 1.29 is 14.6 Å². The summed E-state index contributed by atoms with van der Waals surface area (Å²) in [5.74, 6) is -0.165. The molecule has 0 aliphatic rings. The minimum Gasteiger partial charge on any atom is -0.496 e. The molecule has 0 bridgehead atoms. The molecule has 100 valence electrons. The second-order valence-corrected chi connectivity index (χ2v) is 4.22. The summed E-state index contributed by atoms with van der Waals surface area (Å²) in [5.41, 5.74) is 2.67. The van der Waals surface area contributed by atoms with Gasteiger partial charge in [-0.2, -0.15) is 5.10 Å². The molecule has 0 fully saturated rings. The number of aromatic nitrogens is 2. The van der Waals surface area contributed by atoms with Crippen LogP contribution in [0, 0.1) is 0 Å². The highest BCUT2D eigenvalue weighted by Gasteiger charge is 2.17. The van der Waals surface area contributed by atoms with Crippen molar-refractivity contribution in [1.29, 1.82) is 0 Å². The first-order chi connectivity index (χ1) is 9.08. The van der Waals surface area contributed by atoms with Crippen LogP contribution in [0.4, 0.5) is 0 Å². The lowest BCUT2D eigenvalue weighted by molar-refractivity contribution is 0.0697. The van der Waals surface area contributed by atoms with Gasteiger partial charge in [0.15, 0.2) is 0 Å². The number of carboxylic acid groups (broad SMARTS) is 1. The van der Waals surface area contributed by atoms with E-state index < -0.39 is 5.97 Å². The fourth-order valence-corrected chi connectivity index (χ4v) is 2.14. The van der Waals surface area contributed by atoms with Crippen LogP contribution >= 0.6 is 0 Å². The minimum atomic E-state index is -0.975. The van der Waals surface area contributed by atoms with Crippen LogP contribution in [0.1, 0.15) is 22.8 Å². The van der Waals surface area contributed by atoms with E-state index in [4.69, 9.17) is 4.74 Å². The molecule has 0 spiro atoms. The topological polar surface area (TPSA) is 64.3 Å². The molecule has 1 heterocycles. The Morgan fingerprint density at radius 2 is 2.21 bits per heavy atom. The molecule has 1 aromatic carbocycles. The van der Waals surface area contributed by atoms with Crippen LogP contribution in [-0.4, -0.2) is 28.0 Å². The number of hydrogen-bond donors (Lipinski definition) is 1. The first-order valence-electron chi connectivity index (χ1n) is 6.01. The zero-order chi connectivity index (χ0) is 14.0. The molecule has 0 amide bonds. The Labute approximate surface area is 111 Å². The van der Waals surface area contributed by atoms with Gasteiger partial charge in [-0.1, -0.05) is 6.92 Å². The van der Waals surface area contributed by atoms with Gasteiger partial charge in [-0.15, -0.1) is 0 Å². The van der Waals surface area contributed by atoms with Gasteiger partial charge in [0, 0.05) is 12.6 Å². The van der Waals surface area contributed by atoms with Crippen molar-refractivity contribution in [2.24, 2.45) is 7.05 Å². The van der Waals surface area contributed by atoms with Gasteiger partial charge < -0.3 is 9.84 Å². The number of carbonyl (C=O) groups is 1. The molecule has 1 N–H and O–H groups in total. The summed E-state index contributed by atoms with van der Waals surface area (Å²) in [6.45, 7) is 2.03. The summed E-state index contributed by atoms with van der Waals surface area (Å²) in [6, 6.07) is 5.65. The zero-order valence-corrected chi connectivity index (χ0v) is 11.2. The molecule has 1 aromatic heterocycles. The summed E-state index contributed by atoms with van der Waals surface area (Å²) in [7, 11) is 3.36. The molecule has 5 nitrogen and oxygen atoms in total. The Bertz CT molecular complexity index is 617. The molecular weight excluding hydrogens is 244 g/mol. The van der Waals surface area contributed by atoms with Gasteiger partial charge in [0.1, 0.15) is 11.3 Å². The predicted molar refractivity (Wildman–Crippen MR) is 71.5 cm³/mol. The third-order valence-electron chi connectivity index (χ3n) is 3.10. The maximum absolute atomic E-state index is 11.2. The van der Waals surface area contributed by atoms with Gasteiger partial charge in [-0.05, 0) is 30.2 Å². The Kier molecular flexibility index (Phi) is 3.55. The lowest BCUT2D eigenvalue weighted by Gasteiger charge is -2.10. The number of methoxy groups -OCH3 is 1. The van der Waals surface area contributed by atoms with Gasteiger partial charge in [0.25, 0.3) is 0 Å². The number of rotatable bonds is 4. The van der Waals surface area contributed by atoms with E-state index in [-0.39, 0.29) is 5.56 Å². The summed E-state index contributed by atoms with van der Waals surface area (Å²) < 4.78 is 6.85.